The van der Waals surface area contributed by atoms with Gasteiger partial charge in [-0.05, 0) is 29.1 Å². The smallest absolute Gasteiger partial charge is 0.141 e. The van der Waals surface area contributed by atoms with Gasteiger partial charge in [-0.3, -0.25) is 0 Å². The van der Waals surface area contributed by atoms with E-state index in [1.165, 1.54) is 0 Å². The number of ether oxygens (including phenoxy) is 1. The highest BCUT2D eigenvalue weighted by Gasteiger charge is 2.07. The third kappa shape index (κ3) is 2.55. The molecule has 0 saturated carbocycles. The standard InChI is InChI=1S/C14H11ClN2OS/c1-18-10-4-2-9(3-5-10)8-12-16-13(15)11-6-7-19-14(11)17-12/h2-7H,8H2,1H3. The van der Waals surface area contributed by atoms with Crippen LogP contribution in [-0.2, 0) is 6.42 Å². The fourth-order valence-electron chi connectivity index (χ4n) is 1.87. The quantitative estimate of drug-likeness (QED) is 0.685. The molecule has 0 amide bonds. The molecule has 96 valence electrons. The van der Waals surface area contributed by atoms with E-state index in [0.29, 0.717) is 11.6 Å². The molecule has 5 heteroatoms. The van der Waals surface area contributed by atoms with E-state index in [9.17, 15) is 0 Å². The van der Waals surface area contributed by atoms with Gasteiger partial charge < -0.3 is 4.74 Å². The Kier molecular flexibility index (Phi) is 3.36. The van der Waals surface area contributed by atoms with Crippen LogP contribution in [-0.4, -0.2) is 17.1 Å². The second-order valence-electron chi connectivity index (χ2n) is 4.09. The lowest BCUT2D eigenvalue weighted by molar-refractivity contribution is 0.414. The van der Waals surface area contributed by atoms with Crippen LogP contribution in [0.15, 0.2) is 35.7 Å². The number of hydrogen-bond donors (Lipinski definition) is 0. The molecular weight excluding hydrogens is 280 g/mol. The number of nitrogens with zero attached hydrogens (tertiary/aromatic N) is 2. The first-order chi connectivity index (χ1) is 9.26. The van der Waals surface area contributed by atoms with E-state index < -0.39 is 0 Å². The van der Waals surface area contributed by atoms with Gasteiger partial charge in [0.15, 0.2) is 0 Å². The zero-order valence-electron chi connectivity index (χ0n) is 10.3. The van der Waals surface area contributed by atoms with Gasteiger partial charge in [-0.15, -0.1) is 11.3 Å². The summed E-state index contributed by atoms with van der Waals surface area (Å²) >= 11 is 7.73. The molecule has 0 bridgehead atoms. The second-order valence-corrected chi connectivity index (χ2v) is 5.35. The highest BCUT2D eigenvalue weighted by molar-refractivity contribution is 7.16. The monoisotopic (exact) mass is 290 g/mol. The highest BCUT2D eigenvalue weighted by atomic mass is 35.5. The van der Waals surface area contributed by atoms with Crippen molar-refractivity contribution in [3.05, 3.63) is 52.3 Å². The summed E-state index contributed by atoms with van der Waals surface area (Å²) in [5.74, 6) is 1.58. The molecule has 0 fully saturated rings. The lowest BCUT2D eigenvalue weighted by Crippen LogP contribution is -1.97. The number of aromatic nitrogens is 2. The summed E-state index contributed by atoms with van der Waals surface area (Å²) in [5.41, 5.74) is 1.13. The van der Waals surface area contributed by atoms with E-state index in [1.807, 2.05) is 35.7 Å². The molecule has 2 aromatic heterocycles. The van der Waals surface area contributed by atoms with E-state index in [1.54, 1.807) is 18.4 Å². The van der Waals surface area contributed by atoms with Crippen molar-refractivity contribution in [2.75, 3.05) is 7.11 Å². The maximum atomic E-state index is 6.15. The Balaban J connectivity index is 1.91. The molecule has 0 aliphatic rings. The fraction of sp³-hybridized carbons (Fsp3) is 0.143. The Bertz CT molecular complexity index is 709. The van der Waals surface area contributed by atoms with Gasteiger partial charge in [-0.1, -0.05) is 23.7 Å². The average molecular weight is 291 g/mol. The first-order valence-corrected chi connectivity index (χ1v) is 7.04. The summed E-state index contributed by atoms with van der Waals surface area (Å²) in [4.78, 5) is 9.80. The summed E-state index contributed by atoms with van der Waals surface area (Å²) in [6.45, 7) is 0. The Morgan fingerprint density at radius 1 is 1.16 bits per heavy atom. The summed E-state index contributed by atoms with van der Waals surface area (Å²) in [5, 5.41) is 3.42. The van der Waals surface area contributed by atoms with Crippen LogP contribution in [0.2, 0.25) is 5.15 Å². The molecule has 19 heavy (non-hydrogen) atoms. The van der Waals surface area contributed by atoms with Gasteiger partial charge in [0, 0.05) is 11.8 Å². The zero-order chi connectivity index (χ0) is 13.2. The van der Waals surface area contributed by atoms with Gasteiger partial charge in [-0.2, -0.15) is 0 Å². The topological polar surface area (TPSA) is 35.0 Å². The fourth-order valence-corrected chi connectivity index (χ4v) is 2.95. The van der Waals surface area contributed by atoms with Crippen LogP contribution in [0.25, 0.3) is 10.2 Å². The first kappa shape index (κ1) is 12.4. The lowest BCUT2D eigenvalue weighted by Gasteiger charge is -2.04. The van der Waals surface area contributed by atoms with Crippen LogP contribution in [0, 0.1) is 0 Å². The molecule has 0 aliphatic carbocycles. The van der Waals surface area contributed by atoms with Crippen molar-refractivity contribution in [2.45, 2.75) is 6.42 Å². The van der Waals surface area contributed by atoms with Gasteiger partial charge >= 0.3 is 0 Å². The van der Waals surface area contributed by atoms with Crippen LogP contribution < -0.4 is 4.74 Å². The molecule has 0 unspecified atom stereocenters. The van der Waals surface area contributed by atoms with Gasteiger partial charge in [0.1, 0.15) is 21.6 Å². The van der Waals surface area contributed by atoms with Crippen LogP contribution in [0.4, 0.5) is 0 Å². The minimum atomic E-state index is 0.523. The minimum absolute atomic E-state index is 0.523. The average Bonchev–Trinajstić information content (AvgIpc) is 2.88. The molecule has 0 atom stereocenters. The predicted molar refractivity (Wildman–Crippen MR) is 78.2 cm³/mol. The molecule has 0 aliphatic heterocycles. The zero-order valence-corrected chi connectivity index (χ0v) is 11.8. The number of methoxy groups -OCH3 is 1. The van der Waals surface area contributed by atoms with Crippen molar-refractivity contribution in [3.63, 3.8) is 0 Å². The normalized spacial score (nSPS) is 10.8. The Hall–Kier alpha value is -1.65. The van der Waals surface area contributed by atoms with Crippen LogP contribution in [0.1, 0.15) is 11.4 Å². The molecule has 1 aromatic carbocycles. The SMILES string of the molecule is COc1ccc(Cc2nc(Cl)c3ccsc3n2)cc1. The van der Waals surface area contributed by atoms with Crippen LogP contribution >= 0.6 is 22.9 Å². The van der Waals surface area contributed by atoms with Crippen LogP contribution in [0.3, 0.4) is 0 Å². The van der Waals surface area contributed by atoms with Crippen molar-refractivity contribution >= 4 is 33.2 Å². The van der Waals surface area contributed by atoms with Crippen LogP contribution in [0.5, 0.6) is 5.75 Å². The van der Waals surface area contributed by atoms with Crippen molar-refractivity contribution in [1.82, 2.24) is 9.97 Å². The third-order valence-corrected chi connectivity index (χ3v) is 3.94. The first-order valence-electron chi connectivity index (χ1n) is 5.79. The van der Waals surface area contributed by atoms with Crippen molar-refractivity contribution in [3.8, 4) is 5.75 Å². The molecule has 0 N–H and O–H groups in total. The molecule has 0 radical (unpaired) electrons. The molecule has 2 heterocycles. The number of hydrogen-bond acceptors (Lipinski definition) is 4. The van der Waals surface area contributed by atoms with Gasteiger partial charge in [0.2, 0.25) is 0 Å². The van der Waals surface area contributed by atoms with Gasteiger partial charge in [0.05, 0.1) is 7.11 Å². The second kappa shape index (κ2) is 5.15. The third-order valence-electron chi connectivity index (χ3n) is 2.85. The number of benzene rings is 1. The number of rotatable bonds is 3. The van der Waals surface area contributed by atoms with E-state index in [2.05, 4.69) is 9.97 Å². The van der Waals surface area contributed by atoms with Crippen molar-refractivity contribution in [2.24, 2.45) is 0 Å². The predicted octanol–water partition coefficient (Wildman–Crippen LogP) is 3.94. The molecular formula is C14H11ClN2OS. The molecule has 0 saturated heterocycles. The Labute approximate surface area is 119 Å². The van der Waals surface area contributed by atoms with Gasteiger partial charge in [0.25, 0.3) is 0 Å². The molecule has 3 rings (SSSR count). The minimum Gasteiger partial charge on any atom is -0.497 e. The summed E-state index contributed by atoms with van der Waals surface area (Å²) < 4.78 is 5.14. The summed E-state index contributed by atoms with van der Waals surface area (Å²) in [6.07, 6.45) is 0.664. The Morgan fingerprint density at radius 2 is 1.95 bits per heavy atom. The number of fused-ring (bicyclic) bond motifs is 1. The highest BCUT2D eigenvalue weighted by Crippen LogP contribution is 2.25. The lowest BCUT2D eigenvalue weighted by atomic mass is 10.1. The largest absolute Gasteiger partial charge is 0.497 e. The van der Waals surface area contributed by atoms with E-state index >= 15 is 0 Å². The van der Waals surface area contributed by atoms with E-state index in [0.717, 1.165) is 27.4 Å². The van der Waals surface area contributed by atoms with Crippen molar-refractivity contribution in [1.29, 1.82) is 0 Å². The maximum absolute atomic E-state index is 6.15. The van der Waals surface area contributed by atoms with E-state index in [-0.39, 0.29) is 0 Å². The summed E-state index contributed by atoms with van der Waals surface area (Å²) in [6, 6.07) is 9.82. The number of halogens is 1. The van der Waals surface area contributed by atoms with Gasteiger partial charge in [-0.25, -0.2) is 9.97 Å². The molecule has 3 aromatic rings. The molecule has 0 spiro atoms. The summed E-state index contributed by atoms with van der Waals surface area (Å²) in [7, 11) is 1.66. The van der Waals surface area contributed by atoms with Crippen molar-refractivity contribution < 1.29 is 4.74 Å². The Morgan fingerprint density at radius 3 is 2.68 bits per heavy atom. The maximum Gasteiger partial charge on any atom is 0.141 e. The van der Waals surface area contributed by atoms with E-state index in [4.69, 9.17) is 16.3 Å². The molecule has 3 nitrogen and oxygen atoms in total. The number of thiophene rings is 1.